The summed E-state index contributed by atoms with van der Waals surface area (Å²) < 4.78 is 5.30. The van der Waals surface area contributed by atoms with Gasteiger partial charge in [0, 0.05) is 25.8 Å². The monoisotopic (exact) mass is 262 g/mol. The van der Waals surface area contributed by atoms with E-state index >= 15 is 0 Å². The van der Waals surface area contributed by atoms with E-state index in [1.54, 1.807) is 0 Å². The Labute approximate surface area is 109 Å². The first-order chi connectivity index (χ1) is 7.70. The number of halogens is 1. The number of ether oxygens (including phenoxy) is 1. The lowest BCUT2D eigenvalue weighted by molar-refractivity contribution is -0.135. The van der Waals surface area contributed by atoms with E-state index in [-0.39, 0.29) is 24.4 Å². The summed E-state index contributed by atoms with van der Waals surface area (Å²) in [6, 6.07) is 0.0582. The number of amides is 1. The standard InChI is InChI=1S/C12H22N2O2.ClH/c1-9-3-2-6-14(9)12(15)11(13)10-4-7-16-8-5-10;/h9-11H,2-8,13H2,1H3;1H. The van der Waals surface area contributed by atoms with Crippen molar-refractivity contribution in [3.05, 3.63) is 0 Å². The van der Waals surface area contributed by atoms with E-state index in [2.05, 4.69) is 6.92 Å². The van der Waals surface area contributed by atoms with Crippen molar-refractivity contribution in [2.24, 2.45) is 11.7 Å². The van der Waals surface area contributed by atoms with Crippen LogP contribution in [-0.2, 0) is 9.53 Å². The third-order valence-corrected chi connectivity index (χ3v) is 3.90. The van der Waals surface area contributed by atoms with Crippen molar-refractivity contribution in [3.63, 3.8) is 0 Å². The third kappa shape index (κ3) is 3.33. The highest BCUT2D eigenvalue weighted by atomic mass is 35.5. The Morgan fingerprint density at radius 2 is 2.00 bits per heavy atom. The number of hydrogen-bond acceptors (Lipinski definition) is 3. The van der Waals surface area contributed by atoms with Crippen molar-refractivity contribution in [2.75, 3.05) is 19.8 Å². The van der Waals surface area contributed by atoms with Crippen molar-refractivity contribution in [2.45, 2.75) is 44.7 Å². The summed E-state index contributed by atoms with van der Waals surface area (Å²) in [6.07, 6.45) is 4.09. The molecule has 0 aromatic rings. The van der Waals surface area contributed by atoms with Crippen LogP contribution in [0.3, 0.4) is 0 Å². The lowest BCUT2D eigenvalue weighted by Crippen LogP contribution is -2.49. The van der Waals surface area contributed by atoms with Gasteiger partial charge in [-0.1, -0.05) is 0 Å². The number of carbonyl (C=O) groups is 1. The minimum absolute atomic E-state index is 0. The molecule has 0 aromatic heterocycles. The zero-order valence-electron chi connectivity index (χ0n) is 10.4. The number of nitrogens with two attached hydrogens (primary N) is 1. The molecule has 17 heavy (non-hydrogen) atoms. The van der Waals surface area contributed by atoms with E-state index in [1.165, 1.54) is 0 Å². The van der Waals surface area contributed by atoms with Crippen LogP contribution >= 0.6 is 12.4 Å². The average Bonchev–Trinajstić information content (AvgIpc) is 2.75. The second-order valence-electron chi connectivity index (χ2n) is 5.00. The maximum Gasteiger partial charge on any atom is 0.240 e. The molecule has 2 unspecified atom stereocenters. The Bertz CT molecular complexity index is 257. The smallest absolute Gasteiger partial charge is 0.240 e. The van der Waals surface area contributed by atoms with Gasteiger partial charge in [-0.25, -0.2) is 0 Å². The summed E-state index contributed by atoms with van der Waals surface area (Å²) in [7, 11) is 0. The molecular weight excluding hydrogens is 240 g/mol. The summed E-state index contributed by atoms with van der Waals surface area (Å²) in [6.45, 7) is 4.50. The highest BCUT2D eigenvalue weighted by Gasteiger charge is 2.33. The fraction of sp³-hybridized carbons (Fsp3) is 0.917. The van der Waals surface area contributed by atoms with Crippen LogP contribution in [0.15, 0.2) is 0 Å². The molecule has 2 atom stereocenters. The Kier molecular flexibility index (Phi) is 5.70. The van der Waals surface area contributed by atoms with Crippen LogP contribution in [0.4, 0.5) is 0 Å². The van der Waals surface area contributed by atoms with Crippen molar-refractivity contribution in [1.29, 1.82) is 0 Å². The molecule has 2 saturated heterocycles. The first kappa shape index (κ1) is 14.7. The molecule has 0 bridgehead atoms. The molecule has 0 aliphatic carbocycles. The molecule has 2 aliphatic heterocycles. The summed E-state index contributed by atoms with van der Waals surface area (Å²) in [5, 5.41) is 0. The molecule has 2 aliphatic rings. The number of nitrogens with zero attached hydrogens (tertiary/aromatic N) is 1. The molecule has 100 valence electrons. The van der Waals surface area contributed by atoms with E-state index in [9.17, 15) is 4.79 Å². The zero-order valence-corrected chi connectivity index (χ0v) is 11.2. The van der Waals surface area contributed by atoms with Crippen molar-refractivity contribution < 1.29 is 9.53 Å². The number of likely N-dealkylation sites (tertiary alicyclic amines) is 1. The van der Waals surface area contributed by atoms with E-state index < -0.39 is 0 Å². The second kappa shape index (κ2) is 6.57. The molecule has 0 aromatic carbocycles. The van der Waals surface area contributed by atoms with E-state index in [1.807, 2.05) is 4.90 Å². The van der Waals surface area contributed by atoms with Gasteiger partial charge in [0.05, 0.1) is 6.04 Å². The molecule has 0 radical (unpaired) electrons. The predicted molar refractivity (Wildman–Crippen MR) is 69.2 cm³/mol. The second-order valence-corrected chi connectivity index (χ2v) is 5.00. The number of hydrogen-bond donors (Lipinski definition) is 1. The van der Waals surface area contributed by atoms with Gasteiger partial charge in [-0.15, -0.1) is 12.4 Å². The van der Waals surface area contributed by atoms with Crippen molar-refractivity contribution >= 4 is 18.3 Å². The van der Waals surface area contributed by atoms with Crippen LogP contribution in [0, 0.1) is 5.92 Å². The molecule has 2 rings (SSSR count). The van der Waals surface area contributed by atoms with Crippen molar-refractivity contribution in [3.8, 4) is 0 Å². The van der Waals surface area contributed by atoms with Crippen LogP contribution in [-0.4, -0.2) is 42.6 Å². The quantitative estimate of drug-likeness (QED) is 0.813. The van der Waals surface area contributed by atoms with Gasteiger partial charge in [0.25, 0.3) is 0 Å². The van der Waals surface area contributed by atoms with Gasteiger partial charge in [0.15, 0.2) is 0 Å². The lowest BCUT2D eigenvalue weighted by Gasteiger charge is -2.31. The van der Waals surface area contributed by atoms with Crippen LogP contribution in [0.5, 0.6) is 0 Å². The largest absolute Gasteiger partial charge is 0.381 e. The lowest BCUT2D eigenvalue weighted by atomic mass is 9.91. The normalized spacial score (nSPS) is 27.6. The van der Waals surface area contributed by atoms with Gasteiger partial charge in [-0.05, 0) is 38.5 Å². The number of rotatable bonds is 2. The fourth-order valence-electron chi connectivity index (χ4n) is 2.73. The van der Waals surface area contributed by atoms with Gasteiger partial charge in [0.2, 0.25) is 5.91 Å². The summed E-state index contributed by atoms with van der Waals surface area (Å²) >= 11 is 0. The Morgan fingerprint density at radius 1 is 1.35 bits per heavy atom. The maximum absolute atomic E-state index is 12.2. The van der Waals surface area contributed by atoms with Gasteiger partial charge in [-0.2, -0.15) is 0 Å². The van der Waals surface area contributed by atoms with E-state index in [0.717, 1.165) is 45.4 Å². The molecule has 1 amide bonds. The summed E-state index contributed by atoms with van der Waals surface area (Å²) in [5.74, 6) is 0.464. The van der Waals surface area contributed by atoms with Gasteiger partial charge in [0.1, 0.15) is 0 Å². The van der Waals surface area contributed by atoms with Gasteiger partial charge >= 0.3 is 0 Å². The van der Waals surface area contributed by atoms with Gasteiger partial charge in [-0.3, -0.25) is 4.79 Å². The first-order valence-corrected chi connectivity index (χ1v) is 6.34. The molecule has 4 nitrogen and oxygen atoms in total. The highest BCUT2D eigenvalue weighted by Crippen LogP contribution is 2.23. The minimum Gasteiger partial charge on any atom is -0.381 e. The average molecular weight is 263 g/mol. The number of carbonyl (C=O) groups excluding carboxylic acids is 1. The van der Waals surface area contributed by atoms with Crippen LogP contribution in [0.25, 0.3) is 0 Å². The molecule has 0 spiro atoms. The first-order valence-electron chi connectivity index (χ1n) is 6.34. The maximum atomic E-state index is 12.2. The SMILES string of the molecule is CC1CCCN1C(=O)C(N)C1CCOCC1.Cl. The molecule has 2 heterocycles. The zero-order chi connectivity index (χ0) is 11.5. The van der Waals surface area contributed by atoms with Gasteiger partial charge < -0.3 is 15.4 Å². The summed E-state index contributed by atoms with van der Waals surface area (Å²) in [5.41, 5.74) is 6.09. The Hall–Kier alpha value is -0.320. The topological polar surface area (TPSA) is 55.6 Å². The van der Waals surface area contributed by atoms with Crippen LogP contribution < -0.4 is 5.73 Å². The van der Waals surface area contributed by atoms with Crippen LogP contribution in [0.1, 0.15) is 32.6 Å². The fourth-order valence-corrected chi connectivity index (χ4v) is 2.73. The van der Waals surface area contributed by atoms with E-state index in [4.69, 9.17) is 10.5 Å². The van der Waals surface area contributed by atoms with Crippen LogP contribution in [0.2, 0.25) is 0 Å². The molecule has 5 heteroatoms. The third-order valence-electron chi connectivity index (χ3n) is 3.90. The Balaban J connectivity index is 0.00000144. The Morgan fingerprint density at radius 3 is 2.53 bits per heavy atom. The molecule has 2 fully saturated rings. The minimum atomic E-state index is -0.315. The molecule has 0 saturated carbocycles. The predicted octanol–water partition coefficient (Wildman–Crippen LogP) is 1.17. The van der Waals surface area contributed by atoms with E-state index in [0.29, 0.717) is 12.0 Å². The summed E-state index contributed by atoms with van der Waals surface area (Å²) in [4.78, 5) is 14.2. The molecule has 2 N–H and O–H groups in total. The van der Waals surface area contributed by atoms with Crippen molar-refractivity contribution in [1.82, 2.24) is 4.90 Å². The highest BCUT2D eigenvalue weighted by molar-refractivity contribution is 5.85. The molecular formula is C12H23ClN2O2.